The molecule has 1 fully saturated rings. The van der Waals surface area contributed by atoms with Crippen molar-refractivity contribution in [2.45, 2.75) is 6.42 Å². The van der Waals surface area contributed by atoms with Crippen LogP contribution in [0.4, 0.5) is 0 Å². The molecule has 0 amide bonds. The van der Waals surface area contributed by atoms with Gasteiger partial charge in [-0.3, -0.25) is 4.79 Å². The van der Waals surface area contributed by atoms with E-state index in [1.807, 2.05) is 36.4 Å². The van der Waals surface area contributed by atoms with Crippen LogP contribution >= 0.6 is 0 Å². The highest BCUT2D eigenvalue weighted by atomic mass is 16.4. The zero-order valence-corrected chi connectivity index (χ0v) is 12.7. The number of fused-ring (bicyclic) bond motifs is 2. The van der Waals surface area contributed by atoms with Crippen LogP contribution in [0.1, 0.15) is 17.5 Å². The van der Waals surface area contributed by atoms with Gasteiger partial charge in [-0.25, -0.2) is 0 Å². The first kappa shape index (κ1) is 14.0. The van der Waals surface area contributed by atoms with Gasteiger partial charge in [-0.2, -0.15) is 0 Å². The van der Waals surface area contributed by atoms with Crippen LogP contribution in [0.25, 0.3) is 5.57 Å². The van der Waals surface area contributed by atoms with E-state index in [1.165, 1.54) is 22.3 Å². The van der Waals surface area contributed by atoms with E-state index >= 15 is 0 Å². The van der Waals surface area contributed by atoms with Crippen molar-refractivity contribution < 1.29 is 9.90 Å². The number of allylic oxidation sites excluding steroid dienone is 3. The molecule has 114 valence electrons. The molecular formula is C21H18O2. The highest BCUT2D eigenvalue weighted by Crippen LogP contribution is 2.52. The fourth-order valence-electron chi connectivity index (χ4n) is 4.00. The van der Waals surface area contributed by atoms with Crippen LogP contribution in [0.15, 0.2) is 78.4 Å². The van der Waals surface area contributed by atoms with E-state index in [-0.39, 0.29) is 17.8 Å². The van der Waals surface area contributed by atoms with Crippen molar-refractivity contribution >= 4 is 11.5 Å². The van der Waals surface area contributed by atoms with E-state index < -0.39 is 5.97 Å². The Bertz CT molecular complexity index is 746. The first-order valence-corrected chi connectivity index (χ1v) is 8.01. The van der Waals surface area contributed by atoms with E-state index in [1.54, 1.807) is 0 Å². The first-order chi connectivity index (χ1) is 11.3. The zero-order chi connectivity index (χ0) is 15.8. The van der Waals surface area contributed by atoms with E-state index in [4.69, 9.17) is 0 Å². The number of carboxylic acid groups (broad SMARTS) is 1. The van der Waals surface area contributed by atoms with Crippen molar-refractivity contribution in [2.24, 2.45) is 17.8 Å². The molecule has 2 nitrogen and oxygen atoms in total. The van der Waals surface area contributed by atoms with Crippen LogP contribution in [-0.2, 0) is 4.79 Å². The molecule has 2 heteroatoms. The van der Waals surface area contributed by atoms with E-state index in [2.05, 4.69) is 36.4 Å². The fraction of sp³-hybridized carbons (Fsp3) is 0.190. The van der Waals surface area contributed by atoms with Gasteiger partial charge in [0, 0.05) is 11.8 Å². The maximum atomic E-state index is 11.6. The second-order valence-electron chi connectivity index (χ2n) is 6.26. The number of carbonyl (C=O) groups is 1. The summed E-state index contributed by atoms with van der Waals surface area (Å²) in [4.78, 5) is 11.6. The molecule has 23 heavy (non-hydrogen) atoms. The second-order valence-corrected chi connectivity index (χ2v) is 6.26. The monoisotopic (exact) mass is 302 g/mol. The summed E-state index contributed by atoms with van der Waals surface area (Å²) in [5, 5.41) is 9.52. The van der Waals surface area contributed by atoms with Crippen LogP contribution < -0.4 is 0 Å². The van der Waals surface area contributed by atoms with Gasteiger partial charge in [0.1, 0.15) is 0 Å². The highest BCUT2D eigenvalue weighted by molar-refractivity contribution is 5.86. The van der Waals surface area contributed by atoms with Crippen molar-refractivity contribution in [3.8, 4) is 0 Å². The van der Waals surface area contributed by atoms with Crippen LogP contribution in [0, 0.1) is 17.8 Å². The number of carboxylic acids is 1. The molecule has 2 aliphatic carbocycles. The molecule has 0 spiro atoms. The van der Waals surface area contributed by atoms with Gasteiger partial charge in [-0.05, 0) is 28.7 Å². The lowest BCUT2D eigenvalue weighted by Gasteiger charge is -2.17. The predicted octanol–water partition coefficient (Wildman–Crippen LogP) is 4.40. The third-order valence-corrected chi connectivity index (χ3v) is 4.98. The smallest absolute Gasteiger partial charge is 0.307 e. The highest BCUT2D eigenvalue weighted by Gasteiger charge is 2.45. The molecule has 2 aromatic carbocycles. The summed E-state index contributed by atoms with van der Waals surface area (Å²) in [7, 11) is 0. The summed E-state index contributed by atoms with van der Waals surface area (Å²) in [6.45, 7) is 0. The average Bonchev–Trinajstić information content (AvgIpc) is 3.15. The van der Waals surface area contributed by atoms with Gasteiger partial charge >= 0.3 is 5.97 Å². The SMILES string of the molecule is O=C(O)C1CC2C=CC1C2=C(c1ccccc1)c1ccccc1. The number of rotatable bonds is 3. The third kappa shape index (κ3) is 2.31. The van der Waals surface area contributed by atoms with Gasteiger partial charge < -0.3 is 5.11 Å². The van der Waals surface area contributed by atoms with E-state index in [0.29, 0.717) is 0 Å². The molecule has 0 saturated heterocycles. The van der Waals surface area contributed by atoms with Gasteiger partial charge in [0.15, 0.2) is 0 Å². The van der Waals surface area contributed by atoms with Crippen LogP contribution in [-0.4, -0.2) is 11.1 Å². The Labute approximate surface area is 135 Å². The molecule has 4 rings (SSSR count). The van der Waals surface area contributed by atoms with Crippen molar-refractivity contribution in [3.63, 3.8) is 0 Å². The molecule has 1 N–H and O–H groups in total. The molecule has 1 saturated carbocycles. The molecule has 0 radical (unpaired) electrons. The lowest BCUT2D eigenvalue weighted by atomic mass is 9.86. The standard InChI is InChI=1S/C21H18O2/c22-21(23)18-13-16-11-12-17(18)20(16)19(14-7-3-1-4-8-14)15-9-5-2-6-10-15/h1-12,16-18H,13H2,(H,22,23). The van der Waals surface area contributed by atoms with Crippen molar-refractivity contribution in [2.75, 3.05) is 0 Å². The molecular weight excluding hydrogens is 284 g/mol. The van der Waals surface area contributed by atoms with E-state index in [9.17, 15) is 9.90 Å². The average molecular weight is 302 g/mol. The quantitative estimate of drug-likeness (QED) is 0.854. The summed E-state index contributed by atoms with van der Waals surface area (Å²) in [5.74, 6) is -0.702. The summed E-state index contributed by atoms with van der Waals surface area (Å²) in [5.41, 5.74) is 4.81. The van der Waals surface area contributed by atoms with Gasteiger partial charge in [0.2, 0.25) is 0 Å². The minimum Gasteiger partial charge on any atom is -0.481 e. The second kappa shape index (κ2) is 5.54. The van der Waals surface area contributed by atoms with Crippen LogP contribution in [0.5, 0.6) is 0 Å². The molecule has 0 aliphatic heterocycles. The Morgan fingerprint density at radius 2 is 1.43 bits per heavy atom. The minimum atomic E-state index is -0.681. The van der Waals surface area contributed by atoms with Crippen molar-refractivity contribution in [1.82, 2.24) is 0 Å². The number of benzene rings is 2. The molecule has 2 aromatic rings. The molecule has 2 aliphatic rings. The van der Waals surface area contributed by atoms with Gasteiger partial charge in [0.25, 0.3) is 0 Å². The Morgan fingerprint density at radius 1 is 0.870 bits per heavy atom. The predicted molar refractivity (Wildman–Crippen MR) is 90.8 cm³/mol. The molecule has 3 atom stereocenters. The molecule has 2 bridgehead atoms. The topological polar surface area (TPSA) is 37.3 Å². The Kier molecular flexibility index (Phi) is 3.38. The first-order valence-electron chi connectivity index (χ1n) is 8.01. The number of hydrogen-bond donors (Lipinski definition) is 1. The normalized spacial score (nSPS) is 24.9. The van der Waals surface area contributed by atoms with Gasteiger partial charge in [-0.1, -0.05) is 72.8 Å². The summed E-state index contributed by atoms with van der Waals surface area (Å²) in [6.07, 6.45) is 4.99. The van der Waals surface area contributed by atoms with E-state index in [0.717, 1.165) is 6.42 Å². The minimum absolute atomic E-state index is 0.0212. The van der Waals surface area contributed by atoms with Gasteiger partial charge in [0.05, 0.1) is 5.92 Å². The Balaban J connectivity index is 1.92. The fourth-order valence-corrected chi connectivity index (χ4v) is 4.00. The van der Waals surface area contributed by atoms with Crippen LogP contribution in [0.3, 0.4) is 0 Å². The lowest BCUT2D eigenvalue weighted by Crippen LogP contribution is -2.18. The molecule has 0 heterocycles. The maximum Gasteiger partial charge on any atom is 0.307 e. The number of hydrogen-bond acceptors (Lipinski definition) is 1. The summed E-state index contributed by atoms with van der Waals surface area (Å²) in [6, 6.07) is 20.6. The molecule has 3 unspecified atom stereocenters. The third-order valence-electron chi connectivity index (χ3n) is 4.98. The number of aliphatic carboxylic acids is 1. The largest absolute Gasteiger partial charge is 0.481 e. The van der Waals surface area contributed by atoms with Crippen molar-refractivity contribution in [1.29, 1.82) is 0 Å². The maximum absolute atomic E-state index is 11.6. The summed E-state index contributed by atoms with van der Waals surface area (Å²) < 4.78 is 0. The summed E-state index contributed by atoms with van der Waals surface area (Å²) >= 11 is 0. The zero-order valence-electron chi connectivity index (χ0n) is 12.7. The lowest BCUT2D eigenvalue weighted by molar-refractivity contribution is -0.142. The van der Waals surface area contributed by atoms with Crippen LogP contribution in [0.2, 0.25) is 0 Å². The van der Waals surface area contributed by atoms with Gasteiger partial charge in [-0.15, -0.1) is 0 Å². The Morgan fingerprint density at radius 3 is 1.91 bits per heavy atom. The van der Waals surface area contributed by atoms with Crippen molar-refractivity contribution in [3.05, 3.63) is 89.5 Å². The molecule has 0 aromatic heterocycles. The Hall–Kier alpha value is -2.61.